The molecule has 0 bridgehead atoms. The molecule has 10 heteroatoms. The minimum Gasteiger partial charge on any atom is -0.379 e. The van der Waals surface area contributed by atoms with Gasteiger partial charge in [0.05, 0.1) is 36.6 Å². The van der Waals surface area contributed by atoms with E-state index in [-0.39, 0.29) is 24.2 Å². The number of benzene rings is 1. The van der Waals surface area contributed by atoms with E-state index in [9.17, 15) is 14.0 Å². The number of pyridine rings is 1. The molecule has 41 heavy (non-hydrogen) atoms. The molecule has 2 fully saturated rings. The predicted octanol–water partition coefficient (Wildman–Crippen LogP) is 4.93. The molecule has 2 aromatic heterocycles. The Labute approximate surface area is 238 Å². The van der Waals surface area contributed by atoms with Gasteiger partial charge in [0, 0.05) is 42.0 Å². The molecule has 1 aliphatic carbocycles. The lowest BCUT2D eigenvalue weighted by atomic mass is 10.0. The van der Waals surface area contributed by atoms with Gasteiger partial charge >= 0.3 is 0 Å². The molecule has 4 heterocycles. The number of carbonyl (C=O) groups excluding carboxylic acids is 2. The lowest BCUT2D eigenvalue weighted by Crippen LogP contribution is -2.35. The van der Waals surface area contributed by atoms with Crippen LogP contribution in [-0.4, -0.2) is 63.8 Å². The second kappa shape index (κ2) is 11.9. The lowest BCUT2D eigenvalue weighted by molar-refractivity contribution is -0.117. The summed E-state index contributed by atoms with van der Waals surface area (Å²) in [5.74, 6) is -1.22. The standard InChI is InChI=1S/C31H35FN6O3/c1-20-4-3-10-37(20)18-30(39)35-25-7-8-27(32)29(14-25)36-31(40)23-13-22-12-21(5-2-6-28(22)33-15-23)24-16-34-38(17-24)26-9-11-41-19-26/h7-8,12-17,20,26H,2-6,9-11,18-19H2,1H3,(H,35,39)(H,36,40)/t20-,26?/m0/s1. The summed E-state index contributed by atoms with van der Waals surface area (Å²) < 4.78 is 22.2. The Balaban J connectivity index is 1.16. The van der Waals surface area contributed by atoms with E-state index in [1.165, 1.54) is 24.4 Å². The van der Waals surface area contributed by atoms with Crippen molar-refractivity contribution >= 4 is 34.8 Å². The minimum absolute atomic E-state index is 0.00294. The van der Waals surface area contributed by atoms with Crippen LogP contribution in [0.2, 0.25) is 0 Å². The second-order valence-corrected chi connectivity index (χ2v) is 11.2. The summed E-state index contributed by atoms with van der Waals surface area (Å²) in [4.78, 5) is 32.4. The van der Waals surface area contributed by atoms with Gasteiger partial charge in [-0.05, 0) is 93.5 Å². The zero-order chi connectivity index (χ0) is 28.3. The van der Waals surface area contributed by atoms with Gasteiger partial charge in [0.2, 0.25) is 5.91 Å². The van der Waals surface area contributed by atoms with E-state index in [2.05, 4.69) is 44.8 Å². The summed E-state index contributed by atoms with van der Waals surface area (Å²) in [6.45, 7) is 4.73. The third-order valence-corrected chi connectivity index (χ3v) is 8.24. The number of amides is 2. The third kappa shape index (κ3) is 6.23. The first-order valence-electron chi connectivity index (χ1n) is 14.4. The number of aryl methyl sites for hydroxylation is 1. The minimum atomic E-state index is -0.584. The first-order chi connectivity index (χ1) is 19.9. The molecular formula is C31H35FN6O3. The Morgan fingerprint density at radius 3 is 2.83 bits per heavy atom. The van der Waals surface area contributed by atoms with E-state index in [1.807, 2.05) is 10.9 Å². The van der Waals surface area contributed by atoms with Crippen LogP contribution in [-0.2, 0) is 16.0 Å². The van der Waals surface area contributed by atoms with Crippen LogP contribution in [0.5, 0.6) is 0 Å². The van der Waals surface area contributed by atoms with E-state index in [0.717, 1.165) is 74.1 Å². The average Bonchev–Trinajstić information content (AvgIpc) is 3.71. The normalized spacial score (nSPS) is 20.8. The molecule has 0 spiro atoms. The van der Waals surface area contributed by atoms with Crippen LogP contribution >= 0.6 is 0 Å². The number of fused-ring (bicyclic) bond motifs is 1. The van der Waals surface area contributed by atoms with Crippen molar-refractivity contribution in [1.29, 1.82) is 0 Å². The molecule has 2 saturated heterocycles. The molecule has 3 aromatic rings. The largest absolute Gasteiger partial charge is 0.379 e. The van der Waals surface area contributed by atoms with Gasteiger partial charge in [-0.1, -0.05) is 0 Å². The number of hydrogen-bond acceptors (Lipinski definition) is 6. The Kier molecular flexibility index (Phi) is 7.93. The maximum absolute atomic E-state index is 14.7. The number of rotatable bonds is 7. The molecule has 2 N–H and O–H groups in total. The van der Waals surface area contributed by atoms with Crippen molar-refractivity contribution in [3.05, 3.63) is 71.1 Å². The van der Waals surface area contributed by atoms with Crippen molar-refractivity contribution in [3.63, 3.8) is 0 Å². The Bertz CT molecular complexity index is 1480. The smallest absolute Gasteiger partial charge is 0.257 e. The molecule has 1 unspecified atom stereocenters. The van der Waals surface area contributed by atoms with Crippen molar-refractivity contribution in [2.75, 3.05) is 36.9 Å². The number of hydrogen-bond donors (Lipinski definition) is 2. The Hall–Kier alpha value is -3.89. The van der Waals surface area contributed by atoms with Crippen molar-refractivity contribution in [1.82, 2.24) is 19.7 Å². The molecule has 2 aliphatic heterocycles. The zero-order valence-corrected chi connectivity index (χ0v) is 23.2. The number of carbonyl (C=O) groups is 2. The third-order valence-electron chi connectivity index (χ3n) is 8.24. The van der Waals surface area contributed by atoms with E-state index in [1.54, 1.807) is 6.07 Å². The number of ether oxygens (including phenoxy) is 1. The van der Waals surface area contributed by atoms with Gasteiger partial charge in [0.1, 0.15) is 5.82 Å². The lowest BCUT2D eigenvalue weighted by Gasteiger charge is -2.20. The van der Waals surface area contributed by atoms with E-state index < -0.39 is 11.7 Å². The summed E-state index contributed by atoms with van der Waals surface area (Å²) in [6.07, 6.45) is 13.3. The van der Waals surface area contributed by atoms with Crippen molar-refractivity contribution in [2.24, 2.45) is 0 Å². The highest BCUT2D eigenvalue weighted by Crippen LogP contribution is 2.30. The summed E-state index contributed by atoms with van der Waals surface area (Å²) in [5, 5.41) is 10.1. The van der Waals surface area contributed by atoms with Crippen molar-refractivity contribution in [3.8, 4) is 0 Å². The molecule has 2 amide bonds. The monoisotopic (exact) mass is 558 g/mol. The summed E-state index contributed by atoms with van der Waals surface area (Å²) in [6, 6.07) is 6.62. The fourth-order valence-electron chi connectivity index (χ4n) is 5.84. The number of nitrogens with one attached hydrogen (secondary N) is 2. The van der Waals surface area contributed by atoms with Gasteiger partial charge in [-0.25, -0.2) is 4.39 Å². The molecule has 0 radical (unpaired) electrons. The van der Waals surface area contributed by atoms with Crippen LogP contribution in [0.25, 0.3) is 11.6 Å². The van der Waals surface area contributed by atoms with Crippen molar-refractivity contribution in [2.45, 2.75) is 57.5 Å². The van der Waals surface area contributed by atoms with Gasteiger partial charge in [0.15, 0.2) is 0 Å². The van der Waals surface area contributed by atoms with Gasteiger partial charge in [0.25, 0.3) is 5.91 Å². The van der Waals surface area contributed by atoms with Gasteiger partial charge in [-0.15, -0.1) is 0 Å². The number of anilines is 2. The highest BCUT2D eigenvalue weighted by molar-refractivity contribution is 6.05. The number of aromatic nitrogens is 3. The molecule has 1 aromatic carbocycles. The van der Waals surface area contributed by atoms with Crippen LogP contribution < -0.4 is 10.6 Å². The molecular weight excluding hydrogens is 523 g/mol. The number of halogens is 1. The molecule has 0 saturated carbocycles. The van der Waals surface area contributed by atoms with Crippen LogP contribution in [0, 0.1) is 5.82 Å². The van der Waals surface area contributed by atoms with Crippen LogP contribution in [0.3, 0.4) is 0 Å². The highest BCUT2D eigenvalue weighted by atomic mass is 19.1. The van der Waals surface area contributed by atoms with E-state index >= 15 is 0 Å². The number of allylic oxidation sites excluding steroid dienone is 1. The average molecular weight is 559 g/mol. The maximum Gasteiger partial charge on any atom is 0.257 e. The summed E-state index contributed by atoms with van der Waals surface area (Å²) in [7, 11) is 0. The van der Waals surface area contributed by atoms with Crippen molar-refractivity contribution < 1.29 is 18.7 Å². The second-order valence-electron chi connectivity index (χ2n) is 11.2. The molecule has 3 aliphatic rings. The topological polar surface area (TPSA) is 101 Å². The highest BCUT2D eigenvalue weighted by Gasteiger charge is 2.23. The van der Waals surface area contributed by atoms with E-state index in [0.29, 0.717) is 23.9 Å². The molecule has 6 rings (SSSR count). The zero-order valence-electron chi connectivity index (χ0n) is 23.2. The van der Waals surface area contributed by atoms with Gasteiger partial charge < -0.3 is 15.4 Å². The number of likely N-dealkylation sites (tertiary alicyclic amines) is 1. The quantitative estimate of drug-likeness (QED) is 0.427. The predicted molar refractivity (Wildman–Crippen MR) is 155 cm³/mol. The number of nitrogens with zero attached hydrogens (tertiary/aromatic N) is 4. The van der Waals surface area contributed by atoms with Crippen LogP contribution in [0.15, 0.2) is 42.9 Å². The van der Waals surface area contributed by atoms with Crippen LogP contribution in [0.1, 0.15) is 72.2 Å². The Morgan fingerprint density at radius 1 is 1.12 bits per heavy atom. The SMILES string of the molecule is C[C@H]1CCCN1CC(=O)Nc1ccc(F)c(NC(=O)c2cnc3c(c2)C=C(c2cnn(C4CCOC4)c2)CCC3)c1. The van der Waals surface area contributed by atoms with Gasteiger partial charge in [-0.3, -0.25) is 24.2 Å². The first kappa shape index (κ1) is 27.3. The molecule has 2 atom stereocenters. The van der Waals surface area contributed by atoms with E-state index in [4.69, 9.17) is 4.74 Å². The molecule has 9 nitrogen and oxygen atoms in total. The maximum atomic E-state index is 14.7. The fourth-order valence-corrected chi connectivity index (χ4v) is 5.84. The summed E-state index contributed by atoms with van der Waals surface area (Å²) >= 11 is 0. The fraction of sp³-hybridized carbons (Fsp3) is 0.419. The first-order valence-corrected chi connectivity index (χ1v) is 14.4. The summed E-state index contributed by atoms with van der Waals surface area (Å²) in [5.41, 5.74) is 4.76. The van der Waals surface area contributed by atoms with Crippen LogP contribution in [0.4, 0.5) is 15.8 Å². The molecule has 214 valence electrons. The Morgan fingerprint density at radius 2 is 2.02 bits per heavy atom. The van der Waals surface area contributed by atoms with Gasteiger partial charge in [-0.2, -0.15) is 5.10 Å².